The maximum Gasteiger partial charge on any atom is 0.273 e. The molecule has 2 fully saturated rings. The Bertz CT molecular complexity index is 1390. The zero-order valence-corrected chi connectivity index (χ0v) is 22.7. The van der Waals surface area contributed by atoms with Crippen LogP contribution in [0.3, 0.4) is 0 Å². The fourth-order valence-electron chi connectivity index (χ4n) is 6.05. The third-order valence-electron chi connectivity index (χ3n) is 8.06. The molecule has 2 bridgehead atoms. The van der Waals surface area contributed by atoms with E-state index in [4.69, 9.17) is 4.74 Å². The van der Waals surface area contributed by atoms with Crippen molar-refractivity contribution in [2.75, 3.05) is 25.4 Å². The van der Waals surface area contributed by atoms with Gasteiger partial charge < -0.3 is 19.6 Å². The lowest BCUT2D eigenvalue weighted by molar-refractivity contribution is -0.139. The molecule has 4 aliphatic heterocycles. The lowest BCUT2D eigenvalue weighted by Crippen LogP contribution is -2.63. The minimum absolute atomic E-state index is 0.0218. The number of piperazine rings is 1. The highest BCUT2D eigenvalue weighted by Crippen LogP contribution is 2.44. The summed E-state index contributed by atoms with van der Waals surface area (Å²) in [5, 5.41) is 17.2. The molecule has 210 valence electrons. The summed E-state index contributed by atoms with van der Waals surface area (Å²) in [5.41, 5.74) is 0.518. The number of carbonyl (C=O) groups is 2. The summed E-state index contributed by atoms with van der Waals surface area (Å²) in [6.45, 7) is 4.60. The van der Waals surface area contributed by atoms with Crippen LogP contribution in [0.2, 0.25) is 0 Å². The Kier molecular flexibility index (Phi) is 6.23. The second-order valence-electron chi connectivity index (χ2n) is 10.8. The van der Waals surface area contributed by atoms with Crippen LogP contribution in [0, 0.1) is 11.7 Å². The molecule has 3 atom stereocenters. The van der Waals surface area contributed by atoms with Gasteiger partial charge in [-0.3, -0.25) is 13.9 Å². The molecule has 11 nitrogen and oxygen atoms in total. The third kappa shape index (κ3) is 4.21. The van der Waals surface area contributed by atoms with Gasteiger partial charge in [0, 0.05) is 36.8 Å². The quantitative estimate of drug-likeness (QED) is 0.584. The summed E-state index contributed by atoms with van der Waals surface area (Å²) in [6, 6.07) is 2.47. The van der Waals surface area contributed by atoms with E-state index in [9.17, 15) is 27.5 Å². The molecule has 39 heavy (non-hydrogen) atoms. The Labute approximate surface area is 226 Å². The van der Waals surface area contributed by atoms with Gasteiger partial charge >= 0.3 is 0 Å². The first-order valence-corrected chi connectivity index (χ1v) is 15.1. The fourth-order valence-corrected chi connectivity index (χ4v) is 7.91. The van der Waals surface area contributed by atoms with Gasteiger partial charge in [0.1, 0.15) is 35.0 Å². The number of rotatable bonds is 2. The van der Waals surface area contributed by atoms with Crippen molar-refractivity contribution < 1.29 is 32.2 Å². The predicted molar refractivity (Wildman–Crippen MR) is 138 cm³/mol. The first kappa shape index (κ1) is 25.9. The van der Waals surface area contributed by atoms with Crippen LogP contribution in [0.4, 0.5) is 4.39 Å². The van der Waals surface area contributed by atoms with Gasteiger partial charge in [0.25, 0.3) is 11.8 Å². The summed E-state index contributed by atoms with van der Waals surface area (Å²) in [6.07, 6.45) is 2.06. The second-order valence-corrected chi connectivity index (χ2v) is 12.7. The maximum atomic E-state index is 14.1. The SMILES string of the molecule is CCN1C[C@H](C)N2C(=C(O)C3C(=O)N4Cc5ccc(F)cc5OCCCCS(=O)(=O)N(C5CC5)C(=N4)C32)C1=O. The molecule has 13 heteroatoms. The highest BCUT2D eigenvalue weighted by molar-refractivity contribution is 7.89. The molecule has 0 radical (unpaired) electrons. The number of likely N-dealkylation sites (N-methyl/N-ethyl adjacent to an activating group) is 1. The Morgan fingerprint density at radius 3 is 2.69 bits per heavy atom. The summed E-state index contributed by atoms with van der Waals surface area (Å²) in [7, 11) is -3.86. The molecule has 0 spiro atoms. The summed E-state index contributed by atoms with van der Waals surface area (Å²) in [5.74, 6) is -2.81. The first-order chi connectivity index (χ1) is 18.6. The van der Waals surface area contributed by atoms with E-state index >= 15 is 0 Å². The van der Waals surface area contributed by atoms with E-state index in [1.165, 1.54) is 22.5 Å². The minimum Gasteiger partial charge on any atom is -0.509 e. The van der Waals surface area contributed by atoms with Gasteiger partial charge in [-0.1, -0.05) is 6.07 Å². The Balaban J connectivity index is 1.52. The number of aliphatic hydroxyl groups is 1. The minimum atomic E-state index is -3.86. The molecule has 6 rings (SSSR count). The average molecular weight is 562 g/mol. The Morgan fingerprint density at radius 1 is 1.21 bits per heavy atom. The number of benzene rings is 1. The zero-order valence-electron chi connectivity index (χ0n) is 21.9. The average Bonchev–Trinajstić information content (AvgIpc) is 3.66. The number of sulfonamides is 1. The lowest BCUT2D eigenvalue weighted by atomic mass is 9.95. The van der Waals surface area contributed by atoms with Gasteiger partial charge in [-0.25, -0.2) is 17.8 Å². The number of aliphatic hydroxyl groups excluding tert-OH is 1. The molecule has 4 heterocycles. The Hall–Kier alpha value is -3.35. The van der Waals surface area contributed by atoms with Gasteiger partial charge in [0.2, 0.25) is 10.0 Å². The number of hydrogen-bond donors (Lipinski definition) is 1. The van der Waals surface area contributed by atoms with Crippen molar-refractivity contribution in [3.63, 3.8) is 0 Å². The summed E-state index contributed by atoms with van der Waals surface area (Å²) < 4.78 is 48.8. The third-order valence-corrected chi connectivity index (χ3v) is 9.95. The van der Waals surface area contributed by atoms with Crippen molar-refractivity contribution in [1.29, 1.82) is 0 Å². The van der Waals surface area contributed by atoms with Crippen molar-refractivity contribution >= 4 is 27.7 Å². The van der Waals surface area contributed by atoms with E-state index in [1.54, 1.807) is 9.80 Å². The zero-order chi connectivity index (χ0) is 27.6. The van der Waals surface area contributed by atoms with Crippen LogP contribution in [0.5, 0.6) is 5.75 Å². The fraction of sp³-hybridized carbons (Fsp3) is 0.577. The summed E-state index contributed by atoms with van der Waals surface area (Å²) >= 11 is 0. The van der Waals surface area contributed by atoms with Crippen LogP contribution in [0.25, 0.3) is 0 Å². The predicted octanol–water partition coefficient (Wildman–Crippen LogP) is 1.77. The largest absolute Gasteiger partial charge is 0.509 e. The lowest BCUT2D eigenvalue weighted by Gasteiger charge is -2.46. The highest BCUT2D eigenvalue weighted by atomic mass is 32.2. The molecule has 2 unspecified atom stereocenters. The van der Waals surface area contributed by atoms with Crippen molar-refractivity contribution in [3.05, 3.63) is 41.0 Å². The highest BCUT2D eigenvalue weighted by Gasteiger charge is 2.59. The van der Waals surface area contributed by atoms with Crippen molar-refractivity contribution in [2.45, 2.75) is 64.2 Å². The number of fused-ring (bicyclic) bond motifs is 6. The molecule has 0 aromatic heterocycles. The van der Waals surface area contributed by atoms with Gasteiger partial charge in [-0.15, -0.1) is 0 Å². The molecule has 1 aromatic rings. The molecule has 1 aromatic carbocycles. The molecule has 2 amide bonds. The van der Waals surface area contributed by atoms with Crippen LogP contribution in [-0.2, 0) is 26.2 Å². The number of amides is 2. The second kappa shape index (κ2) is 9.39. The van der Waals surface area contributed by atoms with Crippen LogP contribution in [0.15, 0.2) is 34.8 Å². The van der Waals surface area contributed by atoms with Crippen LogP contribution >= 0.6 is 0 Å². The first-order valence-electron chi connectivity index (χ1n) is 13.5. The van der Waals surface area contributed by atoms with E-state index in [-0.39, 0.29) is 54.0 Å². The number of carbonyl (C=O) groups excluding carboxylic acids is 2. The van der Waals surface area contributed by atoms with Crippen molar-refractivity contribution in [1.82, 2.24) is 19.1 Å². The van der Waals surface area contributed by atoms with Gasteiger partial charge in [-0.05, 0) is 45.6 Å². The van der Waals surface area contributed by atoms with E-state index in [2.05, 4.69) is 5.10 Å². The Morgan fingerprint density at radius 2 is 1.97 bits per heavy atom. The smallest absolute Gasteiger partial charge is 0.273 e. The maximum absolute atomic E-state index is 14.1. The van der Waals surface area contributed by atoms with E-state index in [0.29, 0.717) is 44.3 Å². The monoisotopic (exact) mass is 561 g/mol. The number of hydrogen-bond acceptors (Lipinski definition) is 8. The van der Waals surface area contributed by atoms with Crippen LogP contribution < -0.4 is 4.74 Å². The van der Waals surface area contributed by atoms with Crippen molar-refractivity contribution in [2.24, 2.45) is 11.0 Å². The molecule has 5 aliphatic rings. The van der Waals surface area contributed by atoms with E-state index in [1.807, 2.05) is 13.8 Å². The molecule has 1 aliphatic carbocycles. The molecule has 1 saturated heterocycles. The number of halogens is 1. The topological polar surface area (TPSA) is 123 Å². The van der Waals surface area contributed by atoms with Gasteiger partial charge in [0.05, 0.1) is 18.9 Å². The van der Waals surface area contributed by atoms with E-state index in [0.717, 1.165) is 5.01 Å². The number of hydrazone groups is 1. The standard InChI is InChI=1S/C26H32FN5O6S/c1-3-29-13-15(2)31-21-20(23(33)22(31)26(29)35)25(34)30-14-16-6-7-17(27)12-19(16)38-10-4-5-11-39(36,37)32(18-8-9-18)24(21)28-30/h6-7,12,15,18,20-21,33H,3-5,8-11,13-14H2,1-2H3/t15-,20?,21?/m0/s1. The van der Waals surface area contributed by atoms with Gasteiger partial charge in [-0.2, -0.15) is 5.10 Å². The number of nitrogens with zero attached hydrogens (tertiary/aromatic N) is 5. The van der Waals surface area contributed by atoms with Crippen LogP contribution in [-0.4, -0.2) is 93.9 Å². The number of amidine groups is 1. The normalized spacial score (nSPS) is 29.0. The van der Waals surface area contributed by atoms with Crippen molar-refractivity contribution in [3.8, 4) is 5.75 Å². The summed E-state index contributed by atoms with van der Waals surface area (Å²) in [4.78, 5) is 30.6. The molecular formula is C26H32FN5O6S. The molecule has 1 N–H and O–H groups in total. The molecule has 1 saturated carbocycles. The van der Waals surface area contributed by atoms with Crippen LogP contribution in [0.1, 0.15) is 45.1 Å². The van der Waals surface area contributed by atoms with E-state index < -0.39 is 39.6 Å². The van der Waals surface area contributed by atoms with Gasteiger partial charge in [0.15, 0.2) is 5.84 Å². The molecular weight excluding hydrogens is 529 g/mol. The number of ether oxygens (including phenoxy) is 1.